The molecule has 126 valence electrons. The van der Waals surface area contributed by atoms with E-state index in [1.807, 2.05) is 0 Å². The predicted molar refractivity (Wildman–Crippen MR) is 85.7 cm³/mol. The summed E-state index contributed by atoms with van der Waals surface area (Å²) in [5, 5.41) is 19.8. The van der Waals surface area contributed by atoms with Crippen LogP contribution in [0.2, 0.25) is 0 Å². The normalized spacial score (nSPS) is 11.6. The van der Waals surface area contributed by atoms with Crippen LogP contribution in [-0.4, -0.2) is 52.8 Å². The first-order chi connectivity index (χ1) is 10.8. The van der Waals surface area contributed by atoms with Gasteiger partial charge in [0.2, 0.25) is 5.91 Å². The fourth-order valence-corrected chi connectivity index (χ4v) is 2.60. The zero-order valence-electron chi connectivity index (χ0n) is 13.0. The summed E-state index contributed by atoms with van der Waals surface area (Å²) in [5.41, 5.74) is 0.554. The Balaban J connectivity index is 2.62. The number of benzene rings is 1. The number of thioether (sulfide) groups is 1. The predicted octanol–water partition coefficient (Wildman–Crippen LogP) is 1.77. The Labute approximate surface area is 137 Å². The molecule has 0 radical (unpaired) electrons. The maximum Gasteiger partial charge on any atom is 0.326 e. The lowest BCUT2D eigenvalue weighted by Crippen LogP contribution is -2.41. The van der Waals surface area contributed by atoms with Gasteiger partial charge in [0.05, 0.1) is 17.8 Å². The van der Waals surface area contributed by atoms with Crippen LogP contribution in [0.4, 0.5) is 5.69 Å². The van der Waals surface area contributed by atoms with Crippen molar-refractivity contribution in [2.45, 2.75) is 18.7 Å². The Morgan fingerprint density at radius 2 is 2.13 bits per heavy atom. The van der Waals surface area contributed by atoms with Gasteiger partial charge in [-0.2, -0.15) is 0 Å². The molecule has 0 saturated carbocycles. The second kappa shape index (κ2) is 8.37. The third-order valence-corrected chi connectivity index (χ3v) is 4.25. The molecule has 1 amide bonds. The Morgan fingerprint density at radius 3 is 2.65 bits per heavy atom. The number of hydrogen-bond donors (Lipinski definition) is 1. The average molecular weight is 342 g/mol. The Hall–Kier alpha value is -2.29. The van der Waals surface area contributed by atoms with Gasteiger partial charge >= 0.3 is 11.7 Å². The molecule has 1 aromatic carbocycles. The van der Waals surface area contributed by atoms with Crippen molar-refractivity contribution in [1.82, 2.24) is 4.90 Å². The molecule has 1 N–H and O–H groups in total. The first kappa shape index (κ1) is 18.8. The molecule has 1 aromatic rings. The number of methoxy groups -OCH3 is 1. The number of carboxylic acid groups (broad SMARTS) is 1. The first-order valence-corrected chi connectivity index (χ1v) is 7.81. The number of likely N-dealkylation sites (N-methyl/N-ethyl adjacent to an activating group) is 1. The molecule has 0 heterocycles. The van der Waals surface area contributed by atoms with Crippen molar-refractivity contribution in [3.63, 3.8) is 0 Å². The highest BCUT2D eigenvalue weighted by atomic mass is 32.2. The maximum absolute atomic E-state index is 11.9. The second-order valence-electron chi connectivity index (χ2n) is 4.77. The largest absolute Gasteiger partial charge is 0.490 e. The molecular weight excluding hydrogens is 324 g/mol. The third kappa shape index (κ3) is 5.13. The number of carbonyl (C=O) groups is 2. The van der Waals surface area contributed by atoms with E-state index in [4.69, 9.17) is 9.84 Å². The van der Waals surface area contributed by atoms with E-state index in [-0.39, 0.29) is 23.1 Å². The molecule has 9 heteroatoms. The van der Waals surface area contributed by atoms with Gasteiger partial charge in [-0.3, -0.25) is 14.9 Å². The van der Waals surface area contributed by atoms with Crippen molar-refractivity contribution < 1.29 is 24.4 Å². The minimum atomic E-state index is -1.07. The highest BCUT2D eigenvalue weighted by molar-refractivity contribution is 7.99. The summed E-state index contributed by atoms with van der Waals surface area (Å²) in [7, 11) is 2.79. The molecule has 0 saturated heterocycles. The minimum Gasteiger partial charge on any atom is -0.490 e. The fourth-order valence-electron chi connectivity index (χ4n) is 1.71. The summed E-state index contributed by atoms with van der Waals surface area (Å²) in [6.07, 6.45) is 0. The smallest absolute Gasteiger partial charge is 0.326 e. The minimum absolute atomic E-state index is 0.0912. The lowest BCUT2D eigenvalue weighted by molar-refractivity contribution is -0.385. The first-order valence-electron chi connectivity index (χ1n) is 6.65. The molecule has 0 aliphatic heterocycles. The fraction of sp³-hybridized carbons (Fsp3) is 0.429. The number of nitro groups is 1. The highest BCUT2D eigenvalue weighted by Crippen LogP contribution is 2.29. The quantitative estimate of drug-likeness (QED) is 0.566. The molecule has 1 unspecified atom stereocenters. The van der Waals surface area contributed by atoms with E-state index < -0.39 is 16.9 Å². The van der Waals surface area contributed by atoms with E-state index in [0.717, 1.165) is 4.90 Å². The van der Waals surface area contributed by atoms with Crippen LogP contribution in [0.5, 0.6) is 5.75 Å². The van der Waals surface area contributed by atoms with Gasteiger partial charge < -0.3 is 14.7 Å². The molecule has 0 bridgehead atoms. The molecule has 23 heavy (non-hydrogen) atoms. The molecule has 0 aromatic heterocycles. The number of amides is 1. The average Bonchev–Trinajstić information content (AvgIpc) is 2.52. The standard InChI is InChI=1S/C14H18N2O6S/c1-9(14(18)19)15(2)13(17)8-23-7-10-4-5-12(22-3)11(6-10)16(20)21/h4-6,9H,7-8H2,1-3H3,(H,18,19). The summed E-state index contributed by atoms with van der Waals surface area (Å²) in [6.45, 7) is 1.43. The van der Waals surface area contributed by atoms with Crippen molar-refractivity contribution in [2.75, 3.05) is 19.9 Å². The van der Waals surface area contributed by atoms with Gasteiger partial charge in [0.25, 0.3) is 0 Å². The van der Waals surface area contributed by atoms with Crippen LogP contribution in [0.25, 0.3) is 0 Å². The van der Waals surface area contributed by atoms with Crippen LogP contribution in [0.15, 0.2) is 18.2 Å². The zero-order chi connectivity index (χ0) is 17.6. The van der Waals surface area contributed by atoms with Gasteiger partial charge in [-0.15, -0.1) is 11.8 Å². The summed E-state index contributed by atoms with van der Waals surface area (Å²) in [4.78, 5) is 34.3. The van der Waals surface area contributed by atoms with Gasteiger partial charge in [-0.25, -0.2) is 4.79 Å². The molecule has 8 nitrogen and oxygen atoms in total. The molecule has 0 spiro atoms. The lowest BCUT2D eigenvalue weighted by atomic mass is 10.2. The Kier molecular flexibility index (Phi) is 6.83. The number of carboxylic acids is 1. The zero-order valence-corrected chi connectivity index (χ0v) is 13.8. The van der Waals surface area contributed by atoms with E-state index in [1.54, 1.807) is 6.07 Å². The highest BCUT2D eigenvalue weighted by Gasteiger charge is 2.21. The summed E-state index contributed by atoms with van der Waals surface area (Å²) >= 11 is 1.26. The Bertz CT molecular complexity index is 607. The van der Waals surface area contributed by atoms with E-state index in [9.17, 15) is 19.7 Å². The van der Waals surface area contributed by atoms with Crippen LogP contribution >= 0.6 is 11.8 Å². The number of nitro benzene ring substituents is 1. The number of carbonyl (C=O) groups excluding carboxylic acids is 1. The van der Waals surface area contributed by atoms with Crippen LogP contribution in [0, 0.1) is 10.1 Å². The van der Waals surface area contributed by atoms with E-state index >= 15 is 0 Å². The van der Waals surface area contributed by atoms with E-state index in [2.05, 4.69) is 0 Å². The number of hydrogen-bond acceptors (Lipinski definition) is 6. The number of rotatable bonds is 8. The lowest BCUT2D eigenvalue weighted by Gasteiger charge is -2.21. The molecule has 1 rings (SSSR count). The molecule has 0 fully saturated rings. The SMILES string of the molecule is COc1ccc(CSCC(=O)N(C)C(C)C(=O)O)cc1[N+](=O)[O-]. The van der Waals surface area contributed by atoms with Crippen LogP contribution in [0.1, 0.15) is 12.5 Å². The van der Waals surface area contributed by atoms with Crippen molar-refractivity contribution in [3.05, 3.63) is 33.9 Å². The van der Waals surface area contributed by atoms with E-state index in [1.165, 1.54) is 45.0 Å². The van der Waals surface area contributed by atoms with Gasteiger partial charge in [0.15, 0.2) is 5.75 Å². The molecular formula is C14H18N2O6S. The molecule has 1 atom stereocenters. The van der Waals surface area contributed by atoms with Gasteiger partial charge in [0, 0.05) is 18.9 Å². The Morgan fingerprint density at radius 1 is 1.48 bits per heavy atom. The summed E-state index contributed by atoms with van der Waals surface area (Å²) < 4.78 is 4.92. The number of ether oxygens (including phenoxy) is 1. The number of aliphatic carboxylic acids is 1. The maximum atomic E-state index is 11.9. The van der Waals surface area contributed by atoms with Gasteiger partial charge in [0.1, 0.15) is 6.04 Å². The van der Waals surface area contributed by atoms with Gasteiger partial charge in [-0.05, 0) is 18.6 Å². The van der Waals surface area contributed by atoms with Crippen LogP contribution in [0.3, 0.4) is 0 Å². The second-order valence-corrected chi connectivity index (χ2v) is 5.76. The summed E-state index contributed by atoms with van der Waals surface area (Å²) in [6, 6.07) is 3.70. The summed E-state index contributed by atoms with van der Waals surface area (Å²) in [5.74, 6) is -0.723. The third-order valence-electron chi connectivity index (χ3n) is 3.27. The van der Waals surface area contributed by atoms with E-state index in [0.29, 0.717) is 11.3 Å². The molecule has 0 aliphatic carbocycles. The monoisotopic (exact) mass is 342 g/mol. The van der Waals surface area contributed by atoms with Crippen molar-refractivity contribution in [1.29, 1.82) is 0 Å². The van der Waals surface area contributed by atoms with Crippen molar-refractivity contribution in [2.24, 2.45) is 0 Å². The van der Waals surface area contributed by atoms with Crippen LogP contribution in [-0.2, 0) is 15.3 Å². The van der Waals surface area contributed by atoms with Crippen molar-refractivity contribution in [3.8, 4) is 5.75 Å². The van der Waals surface area contributed by atoms with Crippen LogP contribution < -0.4 is 4.74 Å². The topological polar surface area (TPSA) is 110 Å². The number of nitrogens with zero attached hydrogens (tertiary/aromatic N) is 2. The van der Waals surface area contributed by atoms with Gasteiger partial charge in [-0.1, -0.05) is 6.07 Å². The van der Waals surface area contributed by atoms with Crippen molar-refractivity contribution >= 4 is 29.3 Å². The molecule has 0 aliphatic rings.